The van der Waals surface area contributed by atoms with Gasteiger partial charge in [0.25, 0.3) is 0 Å². The van der Waals surface area contributed by atoms with E-state index in [9.17, 15) is 9.59 Å². The number of nitrogens with one attached hydrogen (secondary N) is 1. The van der Waals surface area contributed by atoms with E-state index >= 15 is 0 Å². The molecule has 1 aromatic rings. The molecule has 23 heavy (non-hydrogen) atoms. The van der Waals surface area contributed by atoms with Gasteiger partial charge in [-0.25, -0.2) is 0 Å². The maximum Gasteiger partial charge on any atom is 0.231 e. The molecule has 1 aliphatic carbocycles. The second kappa shape index (κ2) is 7.13. The van der Waals surface area contributed by atoms with E-state index in [0.717, 1.165) is 45.2 Å². The highest BCUT2D eigenvalue weighted by Gasteiger charge is 2.29. The second-order valence-electron chi connectivity index (χ2n) is 6.67. The lowest BCUT2D eigenvalue weighted by Gasteiger charge is -2.33. The molecule has 2 aliphatic rings. The average Bonchev–Trinajstić information content (AvgIpc) is 2.55. The quantitative estimate of drug-likeness (QED) is 0.876. The molecule has 1 atom stereocenters. The highest BCUT2D eigenvalue weighted by Crippen LogP contribution is 2.31. The van der Waals surface area contributed by atoms with Crippen LogP contribution in [0.4, 0.5) is 0 Å². The number of nitrogens with zero attached hydrogens (tertiary/aromatic N) is 1. The number of carbonyl (C=O) groups is 2. The number of likely N-dealkylation sites (tertiary alicyclic amines) is 1. The minimum atomic E-state index is -0.286. The zero-order chi connectivity index (χ0) is 16.2. The van der Waals surface area contributed by atoms with Crippen molar-refractivity contribution in [2.24, 2.45) is 5.73 Å². The van der Waals surface area contributed by atoms with Gasteiger partial charge < -0.3 is 11.1 Å². The molecule has 0 aromatic heterocycles. The molecule has 3 rings (SSSR count). The number of aryl methyl sites for hydroxylation is 1. The van der Waals surface area contributed by atoms with Gasteiger partial charge in [0, 0.05) is 19.1 Å². The molecule has 0 unspecified atom stereocenters. The number of piperidine rings is 1. The van der Waals surface area contributed by atoms with Gasteiger partial charge in [-0.2, -0.15) is 0 Å². The van der Waals surface area contributed by atoms with Gasteiger partial charge >= 0.3 is 0 Å². The molecule has 0 radical (unpaired) electrons. The number of rotatable bonds is 4. The normalized spacial score (nSPS) is 22.3. The predicted octanol–water partition coefficient (Wildman–Crippen LogP) is 1.17. The molecule has 1 aliphatic heterocycles. The van der Waals surface area contributed by atoms with E-state index in [1.165, 1.54) is 11.1 Å². The van der Waals surface area contributed by atoms with Crippen LogP contribution in [0.5, 0.6) is 0 Å². The van der Waals surface area contributed by atoms with Crippen molar-refractivity contribution in [3.8, 4) is 0 Å². The lowest BCUT2D eigenvalue weighted by atomic mass is 9.82. The van der Waals surface area contributed by atoms with Crippen molar-refractivity contribution in [2.75, 3.05) is 19.6 Å². The molecule has 1 heterocycles. The van der Waals surface area contributed by atoms with Crippen LogP contribution in [0.15, 0.2) is 24.3 Å². The van der Waals surface area contributed by atoms with Crippen LogP contribution in [0.25, 0.3) is 0 Å². The average molecular weight is 315 g/mol. The van der Waals surface area contributed by atoms with Crippen LogP contribution in [-0.2, 0) is 16.0 Å². The Labute approximate surface area is 137 Å². The van der Waals surface area contributed by atoms with E-state index in [0.29, 0.717) is 6.54 Å². The highest BCUT2D eigenvalue weighted by atomic mass is 16.2. The molecule has 0 spiro atoms. The predicted molar refractivity (Wildman–Crippen MR) is 88.9 cm³/mol. The van der Waals surface area contributed by atoms with E-state index in [1.807, 2.05) is 12.1 Å². The lowest BCUT2D eigenvalue weighted by molar-refractivity contribution is -0.124. The summed E-state index contributed by atoms with van der Waals surface area (Å²) in [7, 11) is 0. The van der Waals surface area contributed by atoms with Gasteiger partial charge in [0.15, 0.2) is 0 Å². The summed E-state index contributed by atoms with van der Waals surface area (Å²) in [5, 5.41) is 3.22. The zero-order valence-corrected chi connectivity index (χ0v) is 13.5. The monoisotopic (exact) mass is 315 g/mol. The molecular formula is C18H25N3O2. The van der Waals surface area contributed by atoms with Crippen molar-refractivity contribution in [1.29, 1.82) is 0 Å². The van der Waals surface area contributed by atoms with Gasteiger partial charge in [-0.1, -0.05) is 24.3 Å². The molecule has 5 heteroatoms. The topological polar surface area (TPSA) is 75.4 Å². The Morgan fingerprint density at radius 2 is 1.91 bits per heavy atom. The number of nitrogens with two attached hydrogens (primary N) is 1. The van der Waals surface area contributed by atoms with Crippen molar-refractivity contribution in [1.82, 2.24) is 10.2 Å². The molecule has 0 saturated carbocycles. The third-order valence-electron chi connectivity index (χ3n) is 5.00. The van der Waals surface area contributed by atoms with E-state index in [-0.39, 0.29) is 23.8 Å². The molecule has 3 N–H and O–H groups in total. The number of benzene rings is 1. The summed E-state index contributed by atoms with van der Waals surface area (Å²) >= 11 is 0. The van der Waals surface area contributed by atoms with Gasteiger partial charge in [0.2, 0.25) is 11.8 Å². The van der Waals surface area contributed by atoms with Crippen molar-refractivity contribution >= 4 is 11.8 Å². The molecule has 124 valence electrons. The Balaban J connectivity index is 1.56. The van der Waals surface area contributed by atoms with Gasteiger partial charge in [0.1, 0.15) is 0 Å². The van der Waals surface area contributed by atoms with E-state index in [2.05, 4.69) is 22.3 Å². The Morgan fingerprint density at radius 3 is 2.65 bits per heavy atom. The summed E-state index contributed by atoms with van der Waals surface area (Å²) < 4.78 is 0. The summed E-state index contributed by atoms with van der Waals surface area (Å²) in [6, 6.07) is 8.51. The molecule has 1 saturated heterocycles. The maximum absolute atomic E-state index is 12.7. The van der Waals surface area contributed by atoms with E-state index in [4.69, 9.17) is 5.73 Å². The summed E-state index contributed by atoms with van der Waals surface area (Å²) in [5.74, 6) is -0.139. The first-order valence-corrected chi connectivity index (χ1v) is 8.52. The van der Waals surface area contributed by atoms with Crippen LogP contribution < -0.4 is 11.1 Å². The number of hydrogen-bond acceptors (Lipinski definition) is 3. The van der Waals surface area contributed by atoms with Crippen molar-refractivity contribution in [2.45, 2.75) is 44.1 Å². The maximum atomic E-state index is 12.7. The first kappa shape index (κ1) is 16.0. The molecule has 0 bridgehead atoms. The van der Waals surface area contributed by atoms with Crippen molar-refractivity contribution < 1.29 is 9.59 Å². The molecular weight excluding hydrogens is 290 g/mol. The van der Waals surface area contributed by atoms with Crippen LogP contribution in [0.1, 0.15) is 42.7 Å². The Hall–Kier alpha value is -1.88. The van der Waals surface area contributed by atoms with Crippen LogP contribution in [0, 0.1) is 0 Å². The standard InChI is InChI=1S/C18H25N3O2/c19-17(22)12-21-10-8-14(9-11-21)20-18(23)16-7-3-5-13-4-1-2-6-15(13)16/h1-2,4,6,14,16H,3,5,7-12H2,(H2,19,22)(H,20,23)/t16-/m0/s1. The fourth-order valence-corrected chi connectivity index (χ4v) is 3.78. The molecule has 5 nitrogen and oxygen atoms in total. The van der Waals surface area contributed by atoms with Crippen LogP contribution in [-0.4, -0.2) is 42.4 Å². The Kier molecular flexibility index (Phi) is 4.96. The molecule has 2 amide bonds. The van der Waals surface area contributed by atoms with Crippen molar-refractivity contribution in [3.05, 3.63) is 35.4 Å². The van der Waals surface area contributed by atoms with Gasteiger partial charge in [-0.05, 0) is 43.2 Å². The number of fused-ring (bicyclic) bond motifs is 1. The summed E-state index contributed by atoms with van der Waals surface area (Å²) in [6.07, 6.45) is 4.85. The fourth-order valence-electron chi connectivity index (χ4n) is 3.78. The smallest absolute Gasteiger partial charge is 0.231 e. The lowest BCUT2D eigenvalue weighted by Crippen LogP contribution is -2.47. The first-order chi connectivity index (χ1) is 11.1. The molecule has 1 fully saturated rings. The van der Waals surface area contributed by atoms with E-state index in [1.54, 1.807) is 0 Å². The third-order valence-corrected chi connectivity index (χ3v) is 5.00. The second-order valence-corrected chi connectivity index (χ2v) is 6.67. The molecule has 1 aromatic carbocycles. The number of amides is 2. The van der Waals surface area contributed by atoms with Crippen LogP contribution >= 0.6 is 0 Å². The third kappa shape index (κ3) is 3.91. The van der Waals surface area contributed by atoms with Crippen LogP contribution in [0.2, 0.25) is 0 Å². The number of hydrogen-bond donors (Lipinski definition) is 2. The minimum absolute atomic E-state index is 0.0106. The summed E-state index contributed by atoms with van der Waals surface area (Å²) in [5.41, 5.74) is 7.74. The van der Waals surface area contributed by atoms with Gasteiger partial charge in [0.05, 0.1) is 12.5 Å². The van der Waals surface area contributed by atoms with E-state index < -0.39 is 0 Å². The van der Waals surface area contributed by atoms with Crippen molar-refractivity contribution in [3.63, 3.8) is 0 Å². The van der Waals surface area contributed by atoms with Crippen LogP contribution in [0.3, 0.4) is 0 Å². The fraction of sp³-hybridized carbons (Fsp3) is 0.556. The SMILES string of the molecule is NC(=O)CN1CCC(NC(=O)[C@H]2CCCc3ccccc32)CC1. The largest absolute Gasteiger partial charge is 0.369 e. The first-order valence-electron chi connectivity index (χ1n) is 8.52. The minimum Gasteiger partial charge on any atom is -0.369 e. The summed E-state index contributed by atoms with van der Waals surface area (Å²) in [4.78, 5) is 25.7. The Bertz CT molecular complexity index is 579. The number of carbonyl (C=O) groups excluding carboxylic acids is 2. The summed E-state index contributed by atoms with van der Waals surface area (Å²) in [6.45, 7) is 1.95. The Morgan fingerprint density at radius 1 is 1.17 bits per heavy atom. The number of primary amides is 1. The highest BCUT2D eigenvalue weighted by molar-refractivity contribution is 5.84. The van der Waals surface area contributed by atoms with Gasteiger partial charge in [-0.3, -0.25) is 14.5 Å². The zero-order valence-electron chi connectivity index (χ0n) is 13.5. The van der Waals surface area contributed by atoms with Gasteiger partial charge in [-0.15, -0.1) is 0 Å².